The molecule has 1 aromatic rings. The van der Waals surface area contributed by atoms with Crippen LogP contribution in [0.3, 0.4) is 0 Å². The predicted molar refractivity (Wildman–Crippen MR) is 69.0 cm³/mol. The molecule has 2 heterocycles. The average molecular weight is 262 g/mol. The lowest BCUT2D eigenvalue weighted by atomic mass is 9.96. The molecule has 0 aromatic carbocycles. The minimum Gasteiger partial charge on any atom is -0.474 e. The van der Waals surface area contributed by atoms with Crippen molar-refractivity contribution in [3.05, 3.63) is 23.9 Å². The molecule has 2 aliphatic rings. The second-order valence-corrected chi connectivity index (χ2v) is 5.25. The molecule has 5 nitrogen and oxygen atoms in total. The molecule has 0 bridgehead atoms. The lowest BCUT2D eigenvalue weighted by Gasteiger charge is -2.25. The van der Waals surface area contributed by atoms with Crippen LogP contribution in [-0.2, 0) is 0 Å². The van der Waals surface area contributed by atoms with Gasteiger partial charge in [0.15, 0.2) is 0 Å². The molecular weight excluding hydrogens is 244 g/mol. The summed E-state index contributed by atoms with van der Waals surface area (Å²) in [6.45, 7) is 1.03. The number of hydrogen-bond donors (Lipinski definition) is 1. The van der Waals surface area contributed by atoms with Gasteiger partial charge in [0.1, 0.15) is 6.10 Å². The van der Waals surface area contributed by atoms with Crippen LogP contribution >= 0.6 is 0 Å². The molecule has 0 spiro atoms. The summed E-state index contributed by atoms with van der Waals surface area (Å²) in [6, 6.07) is 3.39. The Morgan fingerprint density at radius 3 is 2.89 bits per heavy atom. The van der Waals surface area contributed by atoms with Crippen molar-refractivity contribution < 1.29 is 14.6 Å². The first kappa shape index (κ1) is 12.4. The zero-order valence-corrected chi connectivity index (χ0v) is 10.8. The van der Waals surface area contributed by atoms with E-state index in [9.17, 15) is 9.90 Å². The third-order valence-corrected chi connectivity index (χ3v) is 3.77. The zero-order chi connectivity index (χ0) is 13.2. The summed E-state index contributed by atoms with van der Waals surface area (Å²) in [5.41, 5.74) is 0.582. The molecule has 1 aromatic heterocycles. The number of rotatable bonds is 3. The zero-order valence-electron chi connectivity index (χ0n) is 10.8. The maximum Gasteiger partial charge on any atom is 0.254 e. The van der Waals surface area contributed by atoms with Crippen molar-refractivity contribution in [2.45, 2.75) is 37.9 Å². The molecule has 1 atom stereocenters. The lowest BCUT2D eigenvalue weighted by Crippen LogP contribution is -2.30. The molecule has 2 fully saturated rings. The Kier molecular flexibility index (Phi) is 3.38. The van der Waals surface area contributed by atoms with E-state index in [0.717, 1.165) is 12.8 Å². The normalized spacial score (nSPS) is 23.2. The van der Waals surface area contributed by atoms with Gasteiger partial charge in [-0.1, -0.05) is 0 Å². The van der Waals surface area contributed by atoms with Crippen molar-refractivity contribution in [3.63, 3.8) is 0 Å². The van der Waals surface area contributed by atoms with Gasteiger partial charge in [0.05, 0.1) is 6.10 Å². The van der Waals surface area contributed by atoms with Crippen LogP contribution in [0.4, 0.5) is 0 Å². The van der Waals surface area contributed by atoms with E-state index in [2.05, 4.69) is 4.98 Å². The van der Waals surface area contributed by atoms with Crippen LogP contribution in [0.5, 0.6) is 5.88 Å². The number of carbonyl (C=O) groups excluding carboxylic acids is 1. The number of pyridine rings is 1. The van der Waals surface area contributed by atoms with Crippen LogP contribution in [-0.4, -0.2) is 46.2 Å². The van der Waals surface area contributed by atoms with Crippen LogP contribution in [0.2, 0.25) is 0 Å². The van der Waals surface area contributed by atoms with E-state index in [1.54, 1.807) is 23.2 Å². The minimum atomic E-state index is -0.392. The molecular formula is C14H18N2O3. The first-order chi connectivity index (χ1) is 9.22. The lowest BCUT2D eigenvalue weighted by molar-refractivity contribution is 0.0762. The number of nitrogens with zero attached hydrogens (tertiary/aromatic N) is 2. The Bertz CT molecular complexity index is 474. The van der Waals surface area contributed by atoms with Gasteiger partial charge in [-0.25, -0.2) is 4.98 Å². The molecule has 3 rings (SSSR count). The number of likely N-dealkylation sites (tertiary alicyclic amines) is 1. The molecule has 1 N–H and O–H groups in total. The van der Waals surface area contributed by atoms with Gasteiger partial charge in [-0.05, 0) is 31.7 Å². The molecule has 1 aliphatic carbocycles. The number of β-amino-alcohol motifs (C(OH)–C–C–N with tert-alkyl or cyclic N) is 1. The molecule has 19 heavy (non-hydrogen) atoms. The Morgan fingerprint density at radius 2 is 2.26 bits per heavy atom. The van der Waals surface area contributed by atoms with Gasteiger partial charge in [-0.15, -0.1) is 0 Å². The Morgan fingerprint density at radius 1 is 1.42 bits per heavy atom. The molecule has 0 unspecified atom stereocenters. The fourth-order valence-electron chi connectivity index (χ4n) is 2.38. The summed E-state index contributed by atoms with van der Waals surface area (Å²) in [5.74, 6) is 0.465. The van der Waals surface area contributed by atoms with E-state index in [0.29, 0.717) is 31.0 Å². The summed E-state index contributed by atoms with van der Waals surface area (Å²) in [4.78, 5) is 18.1. The molecule has 5 heteroatoms. The Balaban J connectivity index is 1.69. The van der Waals surface area contributed by atoms with E-state index in [-0.39, 0.29) is 12.0 Å². The topological polar surface area (TPSA) is 62.7 Å². The van der Waals surface area contributed by atoms with E-state index in [4.69, 9.17) is 4.74 Å². The van der Waals surface area contributed by atoms with Crippen LogP contribution in [0.15, 0.2) is 18.3 Å². The summed E-state index contributed by atoms with van der Waals surface area (Å²) in [6.07, 6.45) is 5.46. The van der Waals surface area contributed by atoms with Crippen molar-refractivity contribution in [1.29, 1.82) is 0 Å². The number of amides is 1. The summed E-state index contributed by atoms with van der Waals surface area (Å²) in [7, 11) is 0. The van der Waals surface area contributed by atoms with E-state index < -0.39 is 6.10 Å². The van der Waals surface area contributed by atoms with E-state index in [1.807, 2.05) is 0 Å². The number of ether oxygens (including phenoxy) is 1. The second-order valence-electron chi connectivity index (χ2n) is 5.25. The third-order valence-electron chi connectivity index (χ3n) is 3.77. The first-order valence-electron chi connectivity index (χ1n) is 6.82. The SMILES string of the molecule is O=C(c1ccnc(OC2CCC2)c1)N1CC[C@@H](O)C1. The maximum absolute atomic E-state index is 12.2. The fourth-order valence-corrected chi connectivity index (χ4v) is 2.38. The number of aliphatic hydroxyl groups is 1. The second kappa shape index (κ2) is 5.17. The van der Waals surface area contributed by atoms with Crippen molar-refractivity contribution in [3.8, 4) is 5.88 Å². The van der Waals surface area contributed by atoms with Gasteiger partial charge in [-0.2, -0.15) is 0 Å². The number of carbonyl (C=O) groups is 1. The molecule has 1 saturated carbocycles. The highest BCUT2D eigenvalue weighted by Gasteiger charge is 2.26. The van der Waals surface area contributed by atoms with Crippen molar-refractivity contribution >= 4 is 5.91 Å². The molecule has 1 aliphatic heterocycles. The molecule has 102 valence electrons. The summed E-state index contributed by atoms with van der Waals surface area (Å²) in [5, 5.41) is 9.48. The third kappa shape index (κ3) is 2.71. The number of aliphatic hydroxyl groups excluding tert-OH is 1. The Labute approximate surface area is 112 Å². The van der Waals surface area contributed by atoms with E-state index >= 15 is 0 Å². The molecule has 1 amide bonds. The van der Waals surface area contributed by atoms with E-state index in [1.165, 1.54) is 6.42 Å². The minimum absolute atomic E-state index is 0.0580. The van der Waals surface area contributed by atoms with Crippen molar-refractivity contribution in [2.24, 2.45) is 0 Å². The molecule has 1 saturated heterocycles. The van der Waals surface area contributed by atoms with Crippen LogP contribution in [0, 0.1) is 0 Å². The first-order valence-corrected chi connectivity index (χ1v) is 6.82. The molecule has 0 radical (unpaired) electrons. The largest absolute Gasteiger partial charge is 0.474 e. The Hall–Kier alpha value is -1.62. The highest BCUT2D eigenvalue weighted by molar-refractivity contribution is 5.94. The van der Waals surface area contributed by atoms with Gasteiger partial charge >= 0.3 is 0 Å². The van der Waals surface area contributed by atoms with Crippen LogP contribution in [0.1, 0.15) is 36.0 Å². The van der Waals surface area contributed by atoms with Crippen LogP contribution < -0.4 is 4.74 Å². The predicted octanol–water partition coefficient (Wildman–Crippen LogP) is 1.22. The maximum atomic E-state index is 12.2. The number of hydrogen-bond acceptors (Lipinski definition) is 4. The van der Waals surface area contributed by atoms with Gasteiger partial charge in [0.25, 0.3) is 5.91 Å². The average Bonchev–Trinajstić information content (AvgIpc) is 2.80. The van der Waals surface area contributed by atoms with Gasteiger partial charge in [-0.3, -0.25) is 4.79 Å². The quantitative estimate of drug-likeness (QED) is 0.889. The number of aromatic nitrogens is 1. The highest BCUT2D eigenvalue weighted by Crippen LogP contribution is 2.24. The van der Waals surface area contributed by atoms with Crippen molar-refractivity contribution in [1.82, 2.24) is 9.88 Å². The van der Waals surface area contributed by atoms with Gasteiger partial charge in [0.2, 0.25) is 5.88 Å². The van der Waals surface area contributed by atoms with Crippen LogP contribution in [0.25, 0.3) is 0 Å². The van der Waals surface area contributed by atoms with Gasteiger partial charge < -0.3 is 14.7 Å². The standard InChI is InChI=1S/C14H18N2O3/c17-11-5-7-16(9-11)14(18)10-4-6-15-13(8-10)19-12-2-1-3-12/h4,6,8,11-12,17H,1-3,5,7,9H2/t11-/m1/s1. The van der Waals surface area contributed by atoms with Crippen molar-refractivity contribution in [2.75, 3.05) is 13.1 Å². The smallest absolute Gasteiger partial charge is 0.254 e. The highest BCUT2D eigenvalue weighted by atomic mass is 16.5. The summed E-state index contributed by atoms with van der Waals surface area (Å²) >= 11 is 0. The fraction of sp³-hybridized carbons (Fsp3) is 0.571. The van der Waals surface area contributed by atoms with Gasteiger partial charge in [0, 0.05) is 30.9 Å². The summed E-state index contributed by atoms with van der Waals surface area (Å²) < 4.78 is 5.69. The monoisotopic (exact) mass is 262 g/mol.